The van der Waals surface area contributed by atoms with Crippen LogP contribution in [0.2, 0.25) is 0 Å². The summed E-state index contributed by atoms with van der Waals surface area (Å²) in [6, 6.07) is -0.514. The molecule has 0 spiro atoms. The van der Waals surface area contributed by atoms with Gasteiger partial charge in [-0.15, -0.1) is 0 Å². The number of rotatable bonds is 4. The van der Waals surface area contributed by atoms with Crippen LogP contribution in [0.25, 0.3) is 0 Å². The largest absolute Gasteiger partial charge is 0.444 e. The van der Waals surface area contributed by atoms with E-state index in [2.05, 4.69) is 16.9 Å². The third-order valence-electron chi connectivity index (χ3n) is 3.00. The van der Waals surface area contributed by atoms with Crippen LogP contribution in [-0.4, -0.2) is 48.4 Å². The molecule has 1 heterocycles. The van der Waals surface area contributed by atoms with Gasteiger partial charge in [0.1, 0.15) is 11.6 Å². The second-order valence-corrected chi connectivity index (χ2v) is 6.11. The average molecular weight is 307 g/mol. The summed E-state index contributed by atoms with van der Waals surface area (Å²) < 4.78 is 5.34. The van der Waals surface area contributed by atoms with Gasteiger partial charge in [0.2, 0.25) is 5.91 Å². The summed E-state index contributed by atoms with van der Waals surface area (Å²) in [4.78, 5) is 29.7. The zero-order valence-corrected chi connectivity index (χ0v) is 13.8. The van der Waals surface area contributed by atoms with Gasteiger partial charge < -0.3 is 10.1 Å². The minimum Gasteiger partial charge on any atom is -0.444 e. The Hall–Kier alpha value is -2.11. The van der Waals surface area contributed by atoms with Gasteiger partial charge in [-0.2, -0.15) is 0 Å². The van der Waals surface area contributed by atoms with Crippen molar-refractivity contribution in [1.82, 2.24) is 10.2 Å². The smallest absolute Gasteiger partial charge is 0.410 e. The van der Waals surface area contributed by atoms with Gasteiger partial charge in [0.25, 0.3) is 0 Å². The van der Waals surface area contributed by atoms with Gasteiger partial charge in [-0.3, -0.25) is 14.7 Å². The van der Waals surface area contributed by atoms with E-state index in [-0.39, 0.29) is 5.91 Å². The molecule has 6 heteroatoms. The molecule has 0 aliphatic carbocycles. The van der Waals surface area contributed by atoms with E-state index in [1.165, 1.54) is 4.90 Å². The number of aliphatic imine (C=N–C) groups is 1. The second kappa shape index (κ2) is 7.77. The maximum absolute atomic E-state index is 12.3. The maximum Gasteiger partial charge on any atom is 0.410 e. The van der Waals surface area contributed by atoms with Crippen LogP contribution in [0.15, 0.2) is 29.4 Å². The quantitative estimate of drug-likeness (QED) is 0.640. The average Bonchev–Trinajstić information content (AvgIpc) is 2.86. The number of carbonyl (C=O) groups excluding carboxylic acids is 2. The number of hydrogen-bond donors (Lipinski definition) is 1. The molecule has 0 bridgehead atoms. The van der Waals surface area contributed by atoms with Crippen LogP contribution in [0, 0.1) is 0 Å². The maximum atomic E-state index is 12.3. The van der Waals surface area contributed by atoms with Crippen molar-refractivity contribution in [1.29, 1.82) is 0 Å². The highest BCUT2D eigenvalue weighted by molar-refractivity contribution is 5.87. The molecule has 0 aromatic carbocycles. The first kappa shape index (κ1) is 17.9. The monoisotopic (exact) mass is 307 g/mol. The third-order valence-corrected chi connectivity index (χ3v) is 3.00. The zero-order valence-electron chi connectivity index (χ0n) is 13.8. The molecule has 1 rings (SSSR count). The number of nitrogens with zero attached hydrogens (tertiary/aromatic N) is 2. The summed E-state index contributed by atoms with van der Waals surface area (Å²) >= 11 is 0. The normalized spacial score (nSPS) is 18.9. The first-order valence-electron chi connectivity index (χ1n) is 7.33. The molecule has 1 N–H and O–H groups in total. The van der Waals surface area contributed by atoms with Crippen LogP contribution in [0.4, 0.5) is 4.79 Å². The molecule has 1 saturated heterocycles. The van der Waals surface area contributed by atoms with Crippen LogP contribution in [-0.2, 0) is 9.53 Å². The Labute approximate surface area is 131 Å². The third kappa shape index (κ3) is 5.71. The van der Waals surface area contributed by atoms with E-state index in [9.17, 15) is 9.59 Å². The highest BCUT2D eigenvalue weighted by Crippen LogP contribution is 2.21. The lowest BCUT2D eigenvalue weighted by atomic mass is 10.2. The van der Waals surface area contributed by atoms with Crippen LogP contribution in [0.1, 0.15) is 33.6 Å². The molecular formula is C16H25N3O3. The summed E-state index contributed by atoms with van der Waals surface area (Å²) in [6.07, 6.45) is 5.88. The van der Waals surface area contributed by atoms with Crippen molar-refractivity contribution < 1.29 is 14.3 Å². The molecule has 122 valence electrons. The minimum atomic E-state index is -0.577. The van der Waals surface area contributed by atoms with E-state index in [0.717, 1.165) is 6.42 Å². The number of hydrogen-bond acceptors (Lipinski definition) is 4. The Morgan fingerprint density at radius 1 is 1.41 bits per heavy atom. The van der Waals surface area contributed by atoms with Crippen LogP contribution >= 0.6 is 0 Å². The number of likely N-dealkylation sites (tertiary alicyclic amines) is 1. The molecule has 22 heavy (non-hydrogen) atoms. The molecule has 0 radical (unpaired) electrons. The summed E-state index contributed by atoms with van der Waals surface area (Å²) in [5.74, 6) is -0.244. The van der Waals surface area contributed by atoms with Crippen LogP contribution in [0.5, 0.6) is 0 Å². The Kier molecular flexibility index (Phi) is 6.34. The van der Waals surface area contributed by atoms with Gasteiger partial charge in [-0.25, -0.2) is 4.79 Å². The van der Waals surface area contributed by atoms with Crippen molar-refractivity contribution in [3.63, 3.8) is 0 Å². The molecule has 0 saturated carbocycles. The fourth-order valence-electron chi connectivity index (χ4n) is 2.11. The Morgan fingerprint density at radius 2 is 2.09 bits per heavy atom. The van der Waals surface area contributed by atoms with Crippen LogP contribution < -0.4 is 5.32 Å². The zero-order chi connectivity index (χ0) is 16.8. The van der Waals surface area contributed by atoms with Gasteiger partial charge in [0.05, 0.1) is 0 Å². The van der Waals surface area contributed by atoms with E-state index in [1.54, 1.807) is 46.2 Å². The SMILES string of the molecule is C=C(/C=C\C=N/C)NC(=O)[C@@H]1CCCN1C(=O)OC(C)(C)C. The Bertz CT molecular complexity index is 489. The van der Waals surface area contributed by atoms with E-state index < -0.39 is 17.7 Å². The molecule has 1 aliphatic heterocycles. The minimum absolute atomic E-state index is 0.244. The molecular weight excluding hydrogens is 282 g/mol. The van der Waals surface area contributed by atoms with Crippen molar-refractivity contribution in [3.05, 3.63) is 24.4 Å². The van der Waals surface area contributed by atoms with Gasteiger partial charge in [-0.05, 0) is 45.8 Å². The lowest BCUT2D eigenvalue weighted by Gasteiger charge is -2.28. The molecule has 0 aromatic heterocycles. The van der Waals surface area contributed by atoms with E-state index in [4.69, 9.17) is 4.74 Å². The lowest BCUT2D eigenvalue weighted by Crippen LogP contribution is -2.47. The predicted octanol–water partition coefficient (Wildman–Crippen LogP) is 2.27. The standard InChI is InChI=1S/C16H25N3O3/c1-12(8-6-10-17-5)18-14(20)13-9-7-11-19(13)15(21)22-16(2,3)4/h6,8,10,13H,1,7,9,11H2,2-5H3,(H,18,20)/b8-6-,17-10-/t13-/m0/s1. The summed E-state index contributed by atoms with van der Waals surface area (Å²) in [5.41, 5.74) is -0.118. The fourth-order valence-corrected chi connectivity index (χ4v) is 2.11. The highest BCUT2D eigenvalue weighted by Gasteiger charge is 2.36. The van der Waals surface area contributed by atoms with Gasteiger partial charge in [-0.1, -0.05) is 6.58 Å². The first-order chi connectivity index (χ1) is 10.2. The van der Waals surface area contributed by atoms with Crippen LogP contribution in [0.3, 0.4) is 0 Å². The summed E-state index contributed by atoms with van der Waals surface area (Å²) in [7, 11) is 1.66. The molecule has 2 amide bonds. The van der Waals surface area contributed by atoms with E-state index in [1.807, 2.05) is 0 Å². The second-order valence-electron chi connectivity index (χ2n) is 6.11. The topological polar surface area (TPSA) is 71.0 Å². The lowest BCUT2D eigenvalue weighted by molar-refractivity contribution is -0.124. The number of amides is 2. The Morgan fingerprint density at radius 3 is 2.68 bits per heavy atom. The van der Waals surface area contributed by atoms with Gasteiger partial charge in [0, 0.05) is 25.5 Å². The molecule has 1 aliphatic rings. The summed E-state index contributed by atoms with van der Waals surface area (Å²) in [5, 5.41) is 2.70. The molecule has 1 fully saturated rings. The van der Waals surface area contributed by atoms with Crippen molar-refractivity contribution >= 4 is 18.2 Å². The van der Waals surface area contributed by atoms with Gasteiger partial charge >= 0.3 is 6.09 Å². The van der Waals surface area contributed by atoms with Crippen molar-refractivity contribution in [2.24, 2.45) is 4.99 Å². The number of nitrogens with one attached hydrogen (secondary N) is 1. The predicted molar refractivity (Wildman–Crippen MR) is 86.8 cm³/mol. The van der Waals surface area contributed by atoms with Crippen molar-refractivity contribution in [3.8, 4) is 0 Å². The Balaban J connectivity index is 2.64. The first-order valence-corrected chi connectivity index (χ1v) is 7.33. The number of allylic oxidation sites excluding steroid dienone is 2. The highest BCUT2D eigenvalue weighted by atomic mass is 16.6. The van der Waals surface area contributed by atoms with E-state index >= 15 is 0 Å². The number of carbonyl (C=O) groups is 2. The molecule has 0 unspecified atom stereocenters. The molecule has 1 atom stereocenters. The van der Waals surface area contributed by atoms with Gasteiger partial charge in [0.15, 0.2) is 0 Å². The van der Waals surface area contributed by atoms with Crippen molar-refractivity contribution in [2.45, 2.75) is 45.3 Å². The molecule has 0 aromatic rings. The summed E-state index contributed by atoms with van der Waals surface area (Å²) in [6.45, 7) is 9.69. The van der Waals surface area contributed by atoms with E-state index in [0.29, 0.717) is 18.7 Å². The number of ether oxygens (including phenoxy) is 1. The fraction of sp³-hybridized carbons (Fsp3) is 0.562. The van der Waals surface area contributed by atoms with Crippen molar-refractivity contribution in [2.75, 3.05) is 13.6 Å². The molecule has 6 nitrogen and oxygen atoms in total.